The maximum Gasteiger partial charge on any atom is 0.287 e. The summed E-state index contributed by atoms with van der Waals surface area (Å²) in [6.45, 7) is 2.39. The van der Waals surface area contributed by atoms with E-state index in [1.165, 1.54) is 11.3 Å². The van der Waals surface area contributed by atoms with E-state index in [2.05, 4.69) is 26.0 Å². The second-order valence-corrected chi connectivity index (χ2v) is 8.97. The molecular weight excluding hydrogens is 440 g/mol. The molecule has 0 saturated heterocycles. The first-order valence-corrected chi connectivity index (χ1v) is 11.6. The largest absolute Gasteiger partial charge is 0.296 e. The molecule has 0 saturated carbocycles. The maximum atomic E-state index is 13.1. The summed E-state index contributed by atoms with van der Waals surface area (Å²) in [5.41, 5.74) is 7.03. The van der Waals surface area contributed by atoms with Gasteiger partial charge in [0.25, 0.3) is 17.4 Å². The molecule has 3 N–H and O–H groups in total. The average molecular weight is 463 g/mol. The Morgan fingerprint density at radius 3 is 2.70 bits per heavy atom. The lowest BCUT2D eigenvalue weighted by Crippen LogP contribution is -2.41. The summed E-state index contributed by atoms with van der Waals surface area (Å²) < 4.78 is 1.74. The van der Waals surface area contributed by atoms with Crippen molar-refractivity contribution in [2.75, 3.05) is 0 Å². The highest BCUT2D eigenvalue weighted by molar-refractivity contribution is 7.20. The molecule has 4 heterocycles. The van der Waals surface area contributed by atoms with Gasteiger partial charge in [-0.05, 0) is 31.4 Å². The van der Waals surface area contributed by atoms with Crippen LogP contribution in [0.3, 0.4) is 0 Å². The van der Waals surface area contributed by atoms with Crippen LogP contribution in [0.25, 0.3) is 21.5 Å². The number of benzene rings is 1. The van der Waals surface area contributed by atoms with Gasteiger partial charge in [0, 0.05) is 18.5 Å². The van der Waals surface area contributed by atoms with Crippen molar-refractivity contribution in [3.63, 3.8) is 0 Å². The Morgan fingerprint density at radius 2 is 1.88 bits per heavy atom. The van der Waals surface area contributed by atoms with Crippen molar-refractivity contribution in [2.45, 2.75) is 39.2 Å². The van der Waals surface area contributed by atoms with Gasteiger partial charge in [0.2, 0.25) is 0 Å². The quantitative estimate of drug-likeness (QED) is 0.404. The zero-order valence-electron chi connectivity index (χ0n) is 18.0. The number of H-pyrrole nitrogens is 1. The Hall–Kier alpha value is -3.79. The standard InChI is InChI=1S/C23H22N6O3S/c1-13-18-22(24-17-10-6-3-7-11-29(17)23(18)32)33-19(13)21(31)28-27-20(30)16-12-15(25-26-16)14-8-4-2-5-9-14/h2,4-5,8-9,12H,3,6-7,10-11H2,1H3,(H,25,26)(H,27,30)(H,28,31). The molecule has 0 bridgehead atoms. The average Bonchev–Trinajstić information content (AvgIpc) is 3.37. The predicted molar refractivity (Wildman–Crippen MR) is 125 cm³/mol. The van der Waals surface area contributed by atoms with Crippen LogP contribution in [0.4, 0.5) is 0 Å². The summed E-state index contributed by atoms with van der Waals surface area (Å²) in [5.74, 6) is -0.243. The number of aryl methyl sites for hydroxylation is 2. The lowest BCUT2D eigenvalue weighted by Gasteiger charge is -2.08. The molecule has 1 aliphatic heterocycles. The topological polar surface area (TPSA) is 122 Å². The van der Waals surface area contributed by atoms with Gasteiger partial charge in [-0.2, -0.15) is 5.10 Å². The number of amides is 2. The number of nitrogens with zero attached hydrogens (tertiary/aromatic N) is 3. The van der Waals surface area contributed by atoms with Crippen LogP contribution in [0.5, 0.6) is 0 Å². The van der Waals surface area contributed by atoms with Crippen molar-refractivity contribution in [1.82, 2.24) is 30.6 Å². The van der Waals surface area contributed by atoms with Gasteiger partial charge in [0.15, 0.2) is 0 Å². The molecule has 9 nitrogen and oxygen atoms in total. The summed E-state index contributed by atoms with van der Waals surface area (Å²) in [6.07, 6.45) is 3.78. The summed E-state index contributed by atoms with van der Waals surface area (Å²) in [5, 5.41) is 7.30. The number of hydrogen-bond acceptors (Lipinski definition) is 6. The van der Waals surface area contributed by atoms with Gasteiger partial charge in [-0.3, -0.25) is 34.9 Å². The number of nitrogens with one attached hydrogen (secondary N) is 3. The fourth-order valence-corrected chi connectivity index (χ4v) is 5.14. The molecule has 0 unspecified atom stereocenters. The molecule has 10 heteroatoms. The van der Waals surface area contributed by atoms with Crippen molar-refractivity contribution in [3.8, 4) is 11.3 Å². The second-order valence-electron chi connectivity index (χ2n) is 7.97. The number of fused-ring (bicyclic) bond motifs is 2. The Kier molecular flexibility index (Phi) is 5.51. The third-order valence-corrected chi connectivity index (χ3v) is 6.98. The zero-order valence-corrected chi connectivity index (χ0v) is 18.8. The molecule has 0 spiro atoms. The lowest BCUT2D eigenvalue weighted by molar-refractivity contribution is 0.0846. The molecule has 168 valence electrons. The number of hydrogen-bond donors (Lipinski definition) is 3. The number of hydrazine groups is 1. The highest BCUT2D eigenvalue weighted by Crippen LogP contribution is 2.28. The van der Waals surface area contributed by atoms with Crippen molar-refractivity contribution >= 4 is 33.4 Å². The van der Waals surface area contributed by atoms with E-state index in [4.69, 9.17) is 0 Å². The van der Waals surface area contributed by atoms with Gasteiger partial charge in [-0.25, -0.2) is 4.98 Å². The third kappa shape index (κ3) is 3.93. The number of aromatic amines is 1. The van der Waals surface area contributed by atoms with E-state index < -0.39 is 11.8 Å². The molecule has 3 aromatic heterocycles. The molecule has 0 radical (unpaired) electrons. The normalized spacial score (nSPS) is 13.4. The van der Waals surface area contributed by atoms with Crippen LogP contribution in [0.2, 0.25) is 0 Å². The molecule has 5 rings (SSSR count). The van der Waals surface area contributed by atoms with Crippen LogP contribution < -0.4 is 16.4 Å². The number of aromatic nitrogens is 4. The van der Waals surface area contributed by atoms with Gasteiger partial charge in [-0.15, -0.1) is 11.3 Å². The zero-order chi connectivity index (χ0) is 22.9. The second kappa shape index (κ2) is 8.62. The summed E-state index contributed by atoms with van der Waals surface area (Å²) in [7, 11) is 0. The Labute approximate surface area is 192 Å². The Morgan fingerprint density at radius 1 is 1.09 bits per heavy atom. The third-order valence-electron chi connectivity index (χ3n) is 5.80. The van der Waals surface area contributed by atoms with Crippen LogP contribution in [-0.4, -0.2) is 31.6 Å². The SMILES string of the molecule is Cc1c(C(=O)NNC(=O)c2cc(-c3ccccc3)n[nH]2)sc2nc3n(c(=O)c12)CCCCC3. The van der Waals surface area contributed by atoms with E-state index in [0.717, 1.165) is 37.1 Å². The van der Waals surface area contributed by atoms with Crippen molar-refractivity contribution < 1.29 is 9.59 Å². The fourth-order valence-electron chi connectivity index (χ4n) is 4.06. The van der Waals surface area contributed by atoms with Crippen LogP contribution in [0.1, 0.15) is 50.8 Å². The van der Waals surface area contributed by atoms with E-state index >= 15 is 0 Å². The number of rotatable bonds is 3. The highest BCUT2D eigenvalue weighted by atomic mass is 32.1. The van der Waals surface area contributed by atoms with Crippen LogP contribution in [-0.2, 0) is 13.0 Å². The van der Waals surface area contributed by atoms with Crippen molar-refractivity contribution in [3.05, 3.63) is 68.7 Å². The summed E-state index contributed by atoms with van der Waals surface area (Å²) in [4.78, 5) is 43.9. The van der Waals surface area contributed by atoms with Crippen molar-refractivity contribution in [1.29, 1.82) is 0 Å². The maximum absolute atomic E-state index is 13.1. The summed E-state index contributed by atoms with van der Waals surface area (Å²) >= 11 is 1.17. The molecule has 1 aliphatic rings. The van der Waals surface area contributed by atoms with Gasteiger partial charge >= 0.3 is 0 Å². The smallest absolute Gasteiger partial charge is 0.287 e. The molecule has 1 aromatic carbocycles. The van der Waals surface area contributed by atoms with Crippen LogP contribution in [0.15, 0.2) is 41.2 Å². The Bertz CT molecular complexity index is 1420. The van der Waals surface area contributed by atoms with E-state index in [-0.39, 0.29) is 11.3 Å². The van der Waals surface area contributed by atoms with Gasteiger partial charge in [0.1, 0.15) is 16.3 Å². The van der Waals surface area contributed by atoms with E-state index in [0.29, 0.717) is 32.9 Å². The first kappa shape index (κ1) is 21.1. The summed E-state index contributed by atoms with van der Waals surface area (Å²) in [6, 6.07) is 11.1. The number of carbonyl (C=O) groups is 2. The van der Waals surface area contributed by atoms with Gasteiger partial charge < -0.3 is 0 Å². The van der Waals surface area contributed by atoms with Crippen LogP contribution >= 0.6 is 11.3 Å². The minimum atomic E-state index is -0.526. The molecular formula is C23H22N6O3S. The fraction of sp³-hybridized carbons (Fsp3) is 0.261. The highest BCUT2D eigenvalue weighted by Gasteiger charge is 2.23. The first-order valence-electron chi connectivity index (χ1n) is 10.8. The molecule has 0 atom stereocenters. The molecule has 0 aliphatic carbocycles. The van der Waals surface area contributed by atoms with E-state index in [9.17, 15) is 14.4 Å². The molecule has 2 amide bonds. The lowest BCUT2D eigenvalue weighted by atomic mass is 10.1. The van der Waals surface area contributed by atoms with E-state index in [1.807, 2.05) is 30.3 Å². The molecule has 0 fully saturated rings. The monoisotopic (exact) mass is 462 g/mol. The minimum Gasteiger partial charge on any atom is -0.296 e. The van der Waals surface area contributed by atoms with E-state index in [1.54, 1.807) is 17.6 Å². The Balaban J connectivity index is 1.34. The first-order chi connectivity index (χ1) is 16.0. The molecule has 4 aromatic rings. The van der Waals surface area contributed by atoms with Crippen molar-refractivity contribution in [2.24, 2.45) is 0 Å². The van der Waals surface area contributed by atoms with Crippen LogP contribution in [0, 0.1) is 6.92 Å². The van der Waals surface area contributed by atoms with Gasteiger partial charge in [-0.1, -0.05) is 36.8 Å². The number of carbonyl (C=O) groups excluding carboxylic acids is 2. The number of thiophene rings is 1. The molecule has 33 heavy (non-hydrogen) atoms. The van der Waals surface area contributed by atoms with Gasteiger partial charge in [0.05, 0.1) is 16.0 Å². The minimum absolute atomic E-state index is 0.0976. The predicted octanol–water partition coefficient (Wildman–Crippen LogP) is 2.96.